The average molecular weight is 344 g/mol. The number of hydrogen-bond acceptors (Lipinski definition) is 2. The van der Waals surface area contributed by atoms with Gasteiger partial charge in [-0.2, -0.15) is 0 Å². The highest BCUT2D eigenvalue weighted by atomic mass is 79.9. The first kappa shape index (κ1) is 15.4. The Morgan fingerprint density at radius 1 is 1.35 bits per heavy atom. The van der Waals surface area contributed by atoms with E-state index in [1.165, 1.54) is 6.07 Å². The van der Waals surface area contributed by atoms with Crippen molar-refractivity contribution in [1.82, 2.24) is 5.32 Å². The molecule has 1 aliphatic carbocycles. The van der Waals surface area contributed by atoms with E-state index < -0.39 is 5.97 Å². The second-order valence-corrected chi connectivity index (χ2v) is 6.34. The van der Waals surface area contributed by atoms with E-state index in [4.69, 9.17) is 5.11 Å². The van der Waals surface area contributed by atoms with Gasteiger partial charge in [0.2, 0.25) is 0 Å². The highest BCUT2D eigenvalue weighted by molar-refractivity contribution is 9.10. The lowest BCUT2D eigenvalue weighted by atomic mass is 9.82. The summed E-state index contributed by atoms with van der Waals surface area (Å²) in [6.07, 6.45) is 3.38. The summed E-state index contributed by atoms with van der Waals surface area (Å²) in [6.45, 7) is 1.32. The fourth-order valence-electron chi connectivity index (χ4n) is 2.70. The van der Waals surface area contributed by atoms with E-state index >= 15 is 0 Å². The summed E-state index contributed by atoms with van der Waals surface area (Å²) < 4.78 is 14.4. The Morgan fingerprint density at radius 3 is 2.70 bits per heavy atom. The molecule has 0 saturated heterocycles. The molecule has 1 aliphatic rings. The van der Waals surface area contributed by atoms with Gasteiger partial charge in [-0.05, 0) is 56.3 Å². The van der Waals surface area contributed by atoms with E-state index in [0.717, 1.165) is 36.7 Å². The van der Waals surface area contributed by atoms with Gasteiger partial charge in [-0.3, -0.25) is 4.79 Å². The molecule has 20 heavy (non-hydrogen) atoms. The number of halogens is 2. The van der Waals surface area contributed by atoms with Crippen molar-refractivity contribution in [3.63, 3.8) is 0 Å². The summed E-state index contributed by atoms with van der Waals surface area (Å²) in [5.74, 6) is -0.544. The smallest absolute Gasteiger partial charge is 0.306 e. The largest absolute Gasteiger partial charge is 0.481 e. The molecular formula is C15H19BrFNO2. The molecule has 0 amide bonds. The fourth-order valence-corrected chi connectivity index (χ4v) is 3.11. The monoisotopic (exact) mass is 343 g/mol. The number of rotatable bonds is 5. The summed E-state index contributed by atoms with van der Waals surface area (Å²) in [5, 5.41) is 12.2. The summed E-state index contributed by atoms with van der Waals surface area (Å²) in [7, 11) is 0. The van der Waals surface area contributed by atoms with Crippen LogP contribution in [-0.4, -0.2) is 17.6 Å². The standard InChI is InChI=1S/C15H19BrFNO2/c16-13-5-6-14(17)12(7-13)9-18-8-10-1-3-11(4-2-10)15(19)20/h5-7,10-11,18H,1-4,8-9H2,(H,19,20). The maximum Gasteiger partial charge on any atom is 0.306 e. The minimum absolute atomic E-state index is 0.172. The molecule has 0 aliphatic heterocycles. The molecule has 0 bridgehead atoms. The van der Waals surface area contributed by atoms with E-state index in [-0.39, 0.29) is 11.7 Å². The van der Waals surface area contributed by atoms with Gasteiger partial charge in [0.25, 0.3) is 0 Å². The van der Waals surface area contributed by atoms with Crippen LogP contribution >= 0.6 is 15.9 Å². The number of carboxylic acids is 1. The van der Waals surface area contributed by atoms with E-state index in [1.807, 2.05) is 0 Å². The third-order valence-electron chi connectivity index (χ3n) is 3.95. The van der Waals surface area contributed by atoms with Gasteiger partial charge < -0.3 is 10.4 Å². The Bertz CT molecular complexity index is 473. The van der Waals surface area contributed by atoms with Crippen molar-refractivity contribution in [2.24, 2.45) is 11.8 Å². The van der Waals surface area contributed by atoms with Gasteiger partial charge in [-0.25, -0.2) is 4.39 Å². The topological polar surface area (TPSA) is 49.3 Å². The van der Waals surface area contributed by atoms with Gasteiger partial charge in [0.15, 0.2) is 0 Å². The Morgan fingerprint density at radius 2 is 2.05 bits per heavy atom. The predicted octanol–water partition coefficient (Wildman–Crippen LogP) is 3.57. The molecule has 5 heteroatoms. The van der Waals surface area contributed by atoms with Crippen LogP contribution in [0.4, 0.5) is 4.39 Å². The van der Waals surface area contributed by atoms with Crippen molar-refractivity contribution < 1.29 is 14.3 Å². The molecule has 0 heterocycles. The second-order valence-electron chi connectivity index (χ2n) is 5.42. The van der Waals surface area contributed by atoms with Gasteiger partial charge in [0.1, 0.15) is 5.82 Å². The molecule has 0 unspecified atom stereocenters. The zero-order chi connectivity index (χ0) is 14.5. The molecule has 0 radical (unpaired) electrons. The van der Waals surface area contributed by atoms with Crippen LogP contribution in [0.3, 0.4) is 0 Å². The number of nitrogens with one attached hydrogen (secondary N) is 1. The van der Waals surface area contributed by atoms with Gasteiger partial charge in [-0.1, -0.05) is 15.9 Å². The summed E-state index contributed by atoms with van der Waals surface area (Å²) in [5.41, 5.74) is 0.651. The van der Waals surface area contributed by atoms with Crippen LogP contribution < -0.4 is 5.32 Å². The third kappa shape index (κ3) is 4.28. The molecule has 2 N–H and O–H groups in total. The Hall–Kier alpha value is -0.940. The van der Waals surface area contributed by atoms with Crippen LogP contribution in [0.1, 0.15) is 31.2 Å². The van der Waals surface area contributed by atoms with E-state index in [2.05, 4.69) is 21.2 Å². The lowest BCUT2D eigenvalue weighted by molar-refractivity contribution is -0.143. The maximum absolute atomic E-state index is 13.5. The SMILES string of the molecule is O=C(O)C1CCC(CNCc2cc(Br)ccc2F)CC1. The first-order valence-electron chi connectivity index (χ1n) is 6.93. The quantitative estimate of drug-likeness (QED) is 0.859. The average Bonchev–Trinajstić information content (AvgIpc) is 2.43. The Labute approximate surface area is 126 Å². The van der Waals surface area contributed by atoms with Gasteiger partial charge in [0, 0.05) is 16.6 Å². The molecular weight excluding hydrogens is 325 g/mol. The minimum atomic E-state index is -0.674. The fraction of sp³-hybridized carbons (Fsp3) is 0.533. The number of benzene rings is 1. The van der Waals surface area contributed by atoms with Crippen LogP contribution in [0.25, 0.3) is 0 Å². The van der Waals surface area contributed by atoms with Crippen molar-refractivity contribution in [2.75, 3.05) is 6.54 Å². The zero-order valence-corrected chi connectivity index (χ0v) is 12.8. The zero-order valence-electron chi connectivity index (χ0n) is 11.2. The van der Waals surface area contributed by atoms with Crippen molar-refractivity contribution in [1.29, 1.82) is 0 Å². The van der Waals surface area contributed by atoms with Crippen LogP contribution in [0.15, 0.2) is 22.7 Å². The maximum atomic E-state index is 13.5. The minimum Gasteiger partial charge on any atom is -0.481 e. The highest BCUT2D eigenvalue weighted by Crippen LogP contribution is 2.28. The first-order valence-corrected chi connectivity index (χ1v) is 7.73. The molecule has 1 aromatic rings. The number of hydrogen-bond donors (Lipinski definition) is 2. The van der Waals surface area contributed by atoms with E-state index in [9.17, 15) is 9.18 Å². The number of carbonyl (C=O) groups is 1. The van der Waals surface area contributed by atoms with Crippen molar-refractivity contribution in [3.8, 4) is 0 Å². The van der Waals surface area contributed by atoms with Crippen LogP contribution in [0.5, 0.6) is 0 Å². The van der Waals surface area contributed by atoms with Crippen molar-refractivity contribution in [2.45, 2.75) is 32.2 Å². The van der Waals surface area contributed by atoms with Crippen molar-refractivity contribution in [3.05, 3.63) is 34.1 Å². The van der Waals surface area contributed by atoms with Gasteiger partial charge in [-0.15, -0.1) is 0 Å². The molecule has 110 valence electrons. The van der Waals surface area contributed by atoms with Crippen LogP contribution in [-0.2, 0) is 11.3 Å². The summed E-state index contributed by atoms with van der Waals surface area (Å²) in [6, 6.07) is 4.93. The van der Waals surface area contributed by atoms with E-state index in [1.54, 1.807) is 12.1 Å². The molecule has 3 nitrogen and oxygen atoms in total. The first-order chi connectivity index (χ1) is 9.56. The number of aliphatic carboxylic acids is 1. The summed E-state index contributed by atoms with van der Waals surface area (Å²) in [4.78, 5) is 10.9. The van der Waals surface area contributed by atoms with Crippen LogP contribution in [0.2, 0.25) is 0 Å². The molecule has 2 rings (SSSR count). The molecule has 1 fully saturated rings. The second kappa shape index (κ2) is 7.18. The predicted molar refractivity (Wildman–Crippen MR) is 78.9 cm³/mol. The lowest BCUT2D eigenvalue weighted by Crippen LogP contribution is -2.28. The van der Waals surface area contributed by atoms with Gasteiger partial charge >= 0.3 is 5.97 Å². The molecule has 0 aromatic heterocycles. The molecule has 0 spiro atoms. The Kier molecular flexibility index (Phi) is 5.54. The Balaban J connectivity index is 1.74. The van der Waals surface area contributed by atoms with Gasteiger partial charge in [0.05, 0.1) is 5.92 Å². The lowest BCUT2D eigenvalue weighted by Gasteiger charge is -2.26. The molecule has 1 saturated carbocycles. The summed E-state index contributed by atoms with van der Waals surface area (Å²) >= 11 is 3.33. The van der Waals surface area contributed by atoms with E-state index in [0.29, 0.717) is 18.0 Å². The molecule has 0 atom stereocenters. The normalized spacial score (nSPS) is 22.7. The molecule has 1 aromatic carbocycles. The highest BCUT2D eigenvalue weighted by Gasteiger charge is 2.25. The number of carboxylic acid groups (broad SMARTS) is 1. The third-order valence-corrected chi connectivity index (χ3v) is 4.45. The van der Waals surface area contributed by atoms with Crippen LogP contribution in [0, 0.1) is 17.7 Å². The van der Waals surface area contributed by atoms with Crippen molar-refractivity contribution >= 4 is 21.9 Å².